The predicted molar refractivity (Wildman–Crippen MR) is 90.5 cm³/mol. The van der Waals surface area contributed by atoms with Crippen molar-refractivity contribution in [1.82, 2.24) is 9.97 Å². The van der Waals surface area contributed by atoms with Crippen molar-refractivity contribution in [3.8, 4) is 0 Å². The Labute approximate surface area is 138 Å². The molecule has 0 aliphatic heterocycles. The minimum atomic E-state index is -0.554. The lowest BCUT2D eigenvalue weighted by Gasteiger charge is -2.04. The highest BCUT2D eigenvalue weighted by molar-refractivity contribution is 5.93. The molecule has 0 atom stereocenters. The zero-order valence-electron chi connectivity index (χ0n) is 13.3. The Morgan fingerprint density at radius 3 is 2.58 bits per heavy atom. The SMILES string of the molecule is CCOC(=O)c1cnc(=O)[nH]c1/C=C/c1ccc(NC(C)=O)cc1. The van der Waals surface area contributed by atoms with Crippen molar-refractivity contribution in [3.63, 3.8) is 0 Å². The van der Waals surface area contributed by atoms with Crippen molar-refractivity contribution in [1.29, 1.82) is 0 Å². The van der Waals surface area contributed by atoms with Gasteiger partial charge in [0.15, 0.2) is 0 Å². The molecule has 2 aromatic rings. The number of aromatic nitrogens is 2. The van der Waals surface area contributed by atoms with E-state index < -0.39 is 11.7 Å². The summed E-state index contributed by atoms with van der Waals surface area (Å²) in [6.45, 7) is 3.36. The van der Waals surface area contributed by atoms with Crippen molar-refractivity contribution >= 4 is 29.7 Å². The molecule has 0 saturated heterocycles. The number of rotatable bonds is 5. The van der Waals surface area contributed by atoms with Crippen LogP contribution in [0.25, 0.3) is 12.2 Å². The van der Waals surface area contributed by atoms with Crippen molar-refractivity contribution < 1.29 is 14.3 Å². The molecule has 2 rings (SSSR count). The summed E-state index contributed by atoms with van der Waals surface area (Å²) >= 11 is 0. The molecule has 24 heavy (non-hydrogen) atoms. The van der Waals surface area contributed by atoms with Gasteiger partial charge in [0.25, 0.3) is 0 Å². The van der Waals surface area contributed by atoms with Gasteiger partial charge in [-0.3, -0.25) is 4.79 Å². The fourth-order valence-electron chi connectivity index (χ4n) is 1.97. The first kappa shape index (κ1) is 17.1. The second-order valence-electron chi connectivity index (χ2n) is 4.87. The van der Waals surface area contributed by atoms with E-state index in [0.29, 0.717) is 11.4 Å². The second kappa shape index (κ2) is 7.87. The van der Waals surface area contributed by atoms with E-state index in [1.54, 1.807) is 43.3 Å². The number of anilines is 1. The summed E-state index contributed by atoms with van der Waals surface area (Å²) in [5, 5.41) is 2.67. The summed E-state index contributed by atoms with van der Waals surface area (Å²) in [7, 11) is 0. The van der Waals surface area contributed by atoms with E-state index in [-0.39, 0.29) is 18.1 Å². The van der Waals surface area contributed by atoms with Gasteiger partial charge in [-0.25, -0.2) is 14.6 Å². The zero-order valence-corrected chi connectivity index (χ0v) is 13.3. The van der Waals surface area contributed by atoms with Gasteiger partial charge in [-0.1, -0.05) is 18.2 Å². The number of carbonyl (C=O) groups excluding carboxylic acids is 2. The van der Waals surface area contributed by atoms with Crippen LogP contribution in [0.4, 0.5) is 5.69 Å². The Kier molecular flexibility index (Phi) is 5.62. The number of carbonyl (C=O) groups is 2. The highest BCUT2D eigenvalue weighted by atomic mass is 16.5. The van der Waals surface area contributed by atoms with Gasteiger partial charge in [0.1, 0.15) is 5.56 Å². The molecular weight excluding hydrogens is 310 g/mol. The molecule has 1 aromatic heterocycles. The molecule has 0 radical (unpaired) electrons. The van der Waals surface area contributed by atoms with E-state index in [4.69, 9.17) is 4.74 Å². The van der Waals surface area contributed by atoms with Crippen molar-refractivity contribution in [2.45, 2.75) is 13.8 Å². The standard InChI is InChI=1S/C17H17N3O4/c1-3-24-16(22)14-10-18-17(23)20-15(14)9-6-12-4-7-13(8-5-12)19-11(2)21/h4-10H,3H2,1-2H3,(H,19,21)(H,18,20,23)/b9-6+. The van der Waals surface area contributed by atoms with Crippen LogP contribution in [0.15, 0.2) is 35.3 Å². The fraction of sp³-hybridized carbons (Fsp3) is 0.176. The summed E-state index contributed by atoms with van der Waals surface area (Å²) in [4.78, 5) is 40.3. The van der Waals surface area contributed by atoms with Crippen LogP contribution in [-0.2, 0) is 9.53 Å². The number of ether oxygens (including phenoxy) is 1. The van der Waals surface area contributed by atoms with Crippen LogP contribution in [0.2, 0.25) is 0 Å². The summed E-state index contributed by atoms with van der Waals surface area (Å²) in [6, 6.07) is 7.10. The Morgan fingerprint density at radius 1 is 1.25 bits per heavy atom. The molecule has 0 spiro atoms. The van der Waals surface area contributed by atoms with Gasteiger partial charge in [0.05, 0.1) is 12.3 Å². The maximum atomic E-state index is 11.9. The average Bonchev–Trinajstić information content (AvgIpc) is 2.54. The minimum Gasteiger partial charge on any atom is -0.462 e. The number of nitrogens with one attached hydrogen (secondary N) is 2. The molecule has 0 aliphatic carbocycles. The van der Waals surface area contributed by atoms with E-state index in [1.807, 2.05) is 0 Å². The van der Waals surface area contributed by atoms with Gasteiger partial charge in [-0.2, -0.15) is 0 Å². The predicted octanol–water partition coefficient (Wildman–Crippen LogP) is 2.08. The second-order valence-corrected chi connectivity index (χ2v) is 4.87. The summed E-state index contributed by atoms with van der Waals surface area (Å²) < 4.78 is 4.94. The van der Waals surface area contributed by atoms with Crippen LogP contribution in [0, 0.1) is 0 Å². The van der Waals surface area contributed by atoms with E-state index in [0.717, 1.165) is 5.56 Å². The Balaban J connectivity index is 2.25. The summed E-state index contributed by atoms with van der Waals surface area (Å²) in [5.74, 6) is -0.700. The van der Waals surface area contributed by atoms with Gasteiger partial charge < -0.3 is 15.0 Å². The van der Waals surface area contributed by atoms with E-state index in [2.05, 4.69) is 15.3 Å². The highest BCUT2D eigenvalue weighted by Crippen LogP contribution is 2.13. The minimum absolute atomic E-state index is 0.147. The van der Waals surface area contributed by atoms with Crippen LogP contribution in [0.5, 0.6) is 0 Å². The molecule has 1 amide bonds. The number of hydrogen-bond acceptors (Lipinski definition) is 5. The third-order valence-electron chi connectivity index (χ3n) is 3.01. The first-order valence-corrected chi connectivity index (χ1v) is 7.31. The molecule has 2 N–H and O–H groups in total. The maximum absolute atomic E-state index is 11.9. The average molecular weight is 327 g/mol. The molecule has 0 saturated carbocycles. The van der Waals surface area contributed by atoms with Crippen molar-refractivity contribution in [3.05, 3.63) is 57.8 Å². The number of benzene rings is 1. The molecule has 0 fully saturated rings. The maximum Gasteiger partial charge on any atom is 0.345 e. The summed E-state index contributed by atoms with van der Waals surface area (Å²) in [5.41, 5.74) is 1.46. The number of H-pyrrole nitrogens is 1. The fourth-order valence-corrected chi connectivity index (χ4v) is 1.97. The van der Waals surface area contributed by atoms with Crippen LogP contribution >= 0.6 is 0 Å². The monoisotopic (exact) mass is 327 g/mol. The number of esters is 1. The van der Waals surface area contributed by atoms with Gasteiger partial charge in [0, 0.05) is 18.8 Å². The lowest BCUT2D eigenvalue weighted by Crippen LogP contribution is -2.16. The van der Waals surface area contributed by atoms with Crippen molar-refractivity contribution in [2.24, 2.45) is 0 Å². The number of nitrogens with zero attached hydrogens (tertiary/aromatic N) is 1. The molecule has 1 aromatic carbocycles. The molecule has 7 heteroatoms. The van der Waals surface area contributed by atoms with Crippen LogP contribution in [0.1, 0.15) is 35.5 Å². The third-order valence-corrected chi connectivity index (χ3v) is 3.01. The molecule has 124 valence electrons. The Bertz CT molecular complexity index is 822. The van der Waals surface area contributed by atoms with Gasteiger partial charge >= 0.3 is 11.7 Å². The van der Waals surface area contributed by atoms with E-state index >= 15 is 0 Å². The normalized spacial score (nSPS) is 10.6. The molecule has 1 heterocycles. The van der Waals surface area contributed by atoms with Crippen LogP contribution in [-0.4, -0.2) is 28.5 Å². The highest BCUT2D eigenvalue weighted by Gasteiger charge is 2.12. The Hall–Kier alpha value is -3.22. The molecular formula is C17H17N3O4. The van der Waals surface area contributed by atoms with Crippen LogP contribution in [0.3, 0.4) is 0 Å². The first-order valence-electron chi connectivity index (χ1n) is 7.31. The zero-order chi connectivity index (χ0) is 17.5. The lowest BCUT2D eigenvalue weighted by molar-refractivity contribution is -0.114. The van der Waals surface area contributed by atoms with Gasteiger partial charge in [-0.05, 0) is 30.7 Å². The summed E-state index contributed by atoms with van der Waals surface area (Å²) in [6.07, 6.45) is 4.52. The third kappa shape index (κ3) is 4.64. The number of amides is 1. The lowest BCUT2D eigenvalue weighted by atomic mass is 10.1. The first-order chi connectivity index (χ1) is 11.5. The topological polar surface area (TPSA) is 101 Å². The largest absolute Gasteiger partial charge is 0.462 e. The molecule has 0 bridgehead atoms. The van der Waals surface area contributed by atoms with Crippen LogP contribution < -0.4 is 11.0 Å². The van der Waals surface area contributed by atoms with Gasteiger partial charge in [0.2, 0.25) is 5.91 Å². The smallest absolute Gasteiger partial charge is 0.345 e. The Morgan fingerprint density at radius 2 is 1.96 bits per heavy atom. The quantitative estimate of drug-likeness (QED) is 0.819. The van der Waals surface area contributed by atoms with Crippen molar-refractivity contribution in [2.75, 3.05) is 11.9 Å². The van der Waals surface area contributed by atoms with E-state index in [1.165, 1.54) is 13.1 Å². The molecule has 7 nitrogen and oxygen atoms in total. The molecule has 0 unspecified atom stereocenters. The van der Waals surface area contributed by atoms with Gasteiger partial charge in [-0.15, -0.1) is 0 Å². The number of aromatic amines is 1. The number of hydrogen-bond donors (Lipinski definition) is 2. The van der Waals surface area contributed by atoms with E-state index in [9.17, 15) is 14.4 Å². The molecule has 0 aliphatic rings.